The van der Waals surface area contributed by atoms with Gasteiger partial charge in [-0.1, -0.05) is 0 Å². The number of hydrogen-bond donors (Lipinski definition) is 1. The van der Waals surface area contributed by atoms with Gasteiger partial charge in [0.25, 0.3) is 5.92 Å². The third-order valence-corrected chi connectivity index (χ3v) is 1.56. The van der Waals surface area contributed by atoms with Crippen molar-refractivity contribution in [2.45, 2.75) is 12.3 Å². The summed E-state index contributed by atoms with van der Waals surface area (Å²) >= 11 is 0. The molecule has 0 aromatic carbocycles. The van der Waals surface area contributed by atoms with Gasteiger partial charge in [-0.25, -0.2) is 4.39 Å². The van der Waals surface area contributed by atoms with E-state index in [1.54, 1.807) is 0 Å². The average Bonchev–Trinajstić information content (AvgIpc) is 2.04. The third kappa shape index (κ3) is 2.42. The van der Waals surface area contributed by atoms with E-state index in [0.717, 1.165) is 18.3 Å². The Morgan fingerprint density at radius 2 is 2.15 bits per heavy atom. The summed E-state index contributed by atoms with van der Waals surface area (Å²) < 4.78 is 38.6. The molecule has 5 heteroatoms. The Kier molecular flexibility index (Phi) is 2.87. The summed E-state index contributed by atoms with van der Waals surface area (Å²) in [6.45, 7) is -0.162. The topological polar surface area (TPSA) is 38.9 Å². The molecule has 0 aliphatic heterocycles. The molecular weight excluding hydrogens is 181 g/mol. The van der Waals surface area contributed by atoms with E-state index < -0.39 is 23.9 Å². The van der Waals surface area contributed by atoms with Crippen LogP contribution in [0.2, 0.25) is 0 Å². The molecule has 13 heavy (non-hydrogen) atoms. The number of rotatable bonds is 3. The van der Waals surface area contributed by atoms with Crippen molar-refractivity contribution in [2.24, 2.45) is 5.73 Å². The largest absolute Gasteiger partial charge is 0.330 e. The number of pyridine rings is 1. The minimum atomic E-state index is -3.14. The molecule has 1 rings (SSSR count). The fourth-order valence-corrected chi connectivity index (χ4v) is 0.914. The van der Waals surface area contributed by atoms with Crippen LogP contribution < -0.4 is 5.73 Å². The fraction of sp³-hybridized carbons (Fsp3) is 0.375. The van der Waals surface area contributed by atoms with Gasteiger partial charge >= 0.3 is 0 Å². The minimum Gasteiger partial charge on any atom is -0.330 e. The van der Waals surface area contributed by atoms with Crippen LogP contribution in [0.25, 0.3) is 0 Å². The summed E-state index contributed by atoms with van der Waals surface area (Å²) in [5, 5.41) is 0. The van der Waals surface area contributed by atoms with Crippen LogP contribution in [0.15, 0.2) is 18.3 Å². The lowest BCUT2D eigenvalue weighted by Crippen LogP contribution is -2.20. The molecule has 1 heterocycles. The van der Waals surface area contributed by atoms with E-state index in [0.29, 0.717) is 0 Å². The smallest absolute Gasteiger partial charge is 0.291 e. The van der Waals surface area contributed by atoms with Gasteiger partial charge in [0.1, 0.15) is 11.5 Å². The van der Waals surface area contributed by atoms with Crippen LogP contribution in [0.4, 0.5) is 13.2 Å². The van der Waals surface area contributed by atoms with Crippen LogP contribution in [0.1, 0.15) is 12.1 Å². The number of halogens is 3. The Morgan fingerprint density at radius 3 is 2.69 bits per heavy atom. The predicted octanol–water partition coefficient (Wildman–Crippen LogP) is 1.66. The molecule has 0 unspecified atom stereocenters. The van der Waals surface area contributed by atoms with E-state index in [1.165, 1.54) is 0 Å². The standard InChI is InChI=1S/C8H9F3N2/c9-6-1-4-13-7(5-6)8(10,11)2-3-12/h1,4-5H,2-3,12H2. The first kappa shape index (κ1) is 9.98. The summed E-state index contributed by atoms with van der Waals surface area (Å²) in [5.74, 6) is -3.86. The highest BCUT2D eigenvalue weighted by Gasteiger charge is 2.32. The molecule has 0 aliphatic carbocycles. The summed E-state index contributed by atoms with van der Waals surface area (Å²) in [5.41, 5.74) is 4.42. The van der Waals surface area contributed by atoms with Crippen molar-refractivity contribution in [1.29, 1.82) is 0 Å². The normalized spacial score (nSPS) is 11.7. The molecule has 0 atom stereocenters. The summed E-state index contributed by atoms with van der Waals surface area (Å²) in [7, 11) is 0. The first-order valence-electron chi connectivity index (χ1n) is 3.76. The molecule has 2 N–H and O–H groups in total. The van der Waals surface area contributed by atoms with Gasteiger partial charge in [0.2, 0.25) is 0 Å². The Hall–Kier alpha value is -1.10. The maximum absolute atomic E-state index is 13.0. The molecule has 0 radical (unpaired) electrons. The Labute approximate surface area is 73.6 Å². The molecule has 0 saturated carbocycles. The quantitative estimate of drug-likeness (QED) is 0.787. The van der Waals surface area contributed by atoms with Gasteiger partial charge < -0.3 is 5.73 Å². The zero-order valence-corrected chi connectivity index (χ0v) is 6.80. The van der Waals surface area contributed by atoms with Crippen LogP contribution in [-0.4, -0.2) is 11.5 Å². The molecule has 0 fully saturated rings. The van der Waals surface area contributed by atoms with Crippen molar-refractivity contribution in [2.75, 3.05) is 6.54 Å². The van der Waals surface area contributed by atoms with Crippen LogP contribution in [-0.2, 0) is 5.92 Å². The lowest BCUT2D eigenvalue weighted by atomic mass is 10.1. The van der Waals surface area contributed by atoms with Gasteiger partial charge in [-0.2, -0.15) is 8.78 Å². The molecule has 1 aromatic heterocycles. The van der Waals surface area contributed by atoms with Crippen LogP contribution >= 0.6 is 0 Å². The summed E-state index contributed by atoms with van der Waals surface area (Å²) in [4.78, 5) is 3.38. The second kappa shape index (κ2) is 3.74. The average molecular weight is 190 g/mol. The molecular formula is C8H9F3N2. The van der Waals surface area contributed by atoms with Crippen LogP contribution in [0.3, 0.4) is 0 Å². The van der Waals surface area contributed by atoms with E-state index in [-0.39, 0.29) is 6.54 Å². The van der Waals surface area contributed by atoms with E-state index in [2.05, 4.69) is 4.98 Å². The van der Waals surface area contributed by atoms with Crippen molar-refractivity contribution in [3.05, 3.63) is 29.8 Å². The highest BCUT2D eigenvalue weighted by molar-refractivity contribution is 5.11. The molecule has 2 nitrogen and oxygen atoms in total. The maximum Gasteiger partial charge on any atom is 0.291 e. The minimum absolute atomic E-state index is 0.162. The molecule has 0 spiro atoms. The summed E-state index contributed by atoms with van der Waals surface area (Å²) in [6, 6.07) is 1.73. The van der Waals surface area contributed by atoms with Crippen LogP contribution in [0.5, 0.6) is 0 Å². The highest BCUT2D eigenvalue weighted by Crippen LogP contribution is 2.29. The van der Waals surface area contributed by atoms with Gasteiger partial charge in [-0.05, 0) is 12.6 Å². The second-order valence-electron chi connectivity index (χ2n) is 2.60. The Balaban J connectivity index is 2.93. The first-order chi connectivity index (χ1) is 6.06. The number of nitrogens with two attached hydrogens (primary N) is 1. The first-order valence-corrected chi connectivity index (χ1v) is 3.76. The van der Waals surface area contributed by atoms with Crippen molar-refractivity contribution in [3.8, 4) is 0 Å². The fourth-order valence-electron chi connectivity index (χ4n) is 0.914. The van der Waals surface area contributed by atoms with E-state index in [4.69, 9.17) is 5.73 Å². The van der Waals surface area contributed by atoms with Crippen molar-refractivity contribution >= 4 is 0 Å². The third-order valence-electron chi connectivity index (χ3n) is 1.56. The van der Waals surface area contributed by atoms with Gasteiger partial charge in [0, 0.05) is 18.7 Å². The molecule has 0 bridgehead atoms. The van der Waals surface area contributed by atoms with Gasteiger partial charge in [0.15, 0.2) is 0 Å². The van der Waals surface area contributed by atoms with Crippen molar-refractivity contribution < 1.29 is 13.2 Å². The number of aromatic nitrogens is 1. The Morgan fingerprint density at radius 1 is 1.46 bits per heavy atom. The van der Waals surface area contributed by atoms with Crippen molar-refractivity contribution in [1.82, 2.24) is 4.98 Å². The molecule has 0 aliphatic rings. The molecule has 1 aromatic rings. The monoisotopic (exact) mass is 190 g/mol. The van der Waals surface area contributed by atoms with E-state index in [9.17, 15) is 13.2 Å². The van der Waals surface area contributed by atoms with E-state index >= 15 is 0 Å². The van der Waals surface area contributed by atoms with Gasteiger partial charge in [-0.3, -0.25) is 4.98 Å². The maximum atomic E-state index is 13.0. The number of nitrogens with zero attached hydrogens (tertiary/aromatic N) is 1. The Bertz CT molecular complexity index is 288. The van der Waals surface area contributed by atoms with Gasteiger partial charge in [-0.15, -0.1) is 0 Å². The van der Waals surface area contributed by atoms with Crippen LogP contribution in [0, 0.1) is 5.82 Å². The molecule has 72 valence electrons. The van der Waals surface area contributed by atoms with Gasteiger partial charge in [0.05, 0.1) is 0 Å². The molecule has 0 saturated heterocycles. The van der Waals surface area contributed by atoms with E-state index in [1.807, 2.05) is 0 Å². The SMILES string of the molecule is NCCC(F)(F)c1cc(F)ccn1. The zero-order chi connectivity index (χ0) is 9.90. The second-order valence-corrected chi connectivity index (χ2v) is 2.60. The highest BCUT2D eigenvalue weighted by atomic mass is 19.3. The number of alkyl halides is 2. The molecule has 0 amide bonds. The summed E-state index contributed by atoms with van der Waals surface area (Å²) in [6.07, 6.45) is 0.485. The predicted molar refractivity (Wildman–Crippen MR) is 41.8 cm³/mol. The lowest BCUT2D eigenvalue weighted by molar-refractivity contribution is -0.0154. The number of hydrogen-bond acceptors (Lipinski definition) is 2. The zero-order valence-electron chi connectivity index (χ0n) is 6.80. The van der Waals surface area contributed by atoms with Crippen molar-refractivity contribution in [3.63, 3.8) is 0 Å². The lowest BCUT2D eigenvalue weighted by Gasteiger charge is -2.13.